The molecule has 0 bridgehead atoms. The predicted molar refractivity (Wildman–Crippen MR) is 126 cm³/mol. The molecule has 9 heteroatoms. The molecule has 1 N–H and O–H groups in total. The molecule has 1 saturated carbocycles. The van der Waals surface area contributed by atoms with Crippen LogP contribution in [0.3, 0.4) is 0 Å². The Kier molecular flexibility index (Phi) is 7.90. The van der Waals surface area contributed by atoms with Gasteiger partial charge in [-0.3, -0.25) is 4.79 Å². The zero-order valence-electron chi connectivity index (χ0n) is 19.3. The Bertz CT molecular complexity index is 947. The van der Waals surface area contributed by atoms with Gasteiger partial charge in [-0.15, -0.1) is 0 Å². The number of carbonyl (C=O) groups excluding carboxylic acids is 2. The summed E-state index contributed by atoms with van der Waals surface area (Å²) in [7, 11) is -3.68. The highest BCUT2D eigenvalue weighted by Gasteiger charge is 2.29. The van der Waals surface area contributed by atoms with Gasteiger partial charge in [0, 0.05) is 32.2 Å². The summed E-state index contributed by atoms with van der Waals surface area (Å²) in [5, 5.41) is 2.94. The fourth-order valence-corrected chi connectivity index (χ4v) is 6.60. The van der Waals surface area contributed by atoms with E-state index >= 15 is 0 Å². The number of carbonyl (C=O) groups is 2. The van der Waals surface area contributed by atoms with Gasteiger partial charge in [0.25, 0.3) is 5.91 Å². The van der Waals surface area contributed by atoms with Crippen LogP contribution in [0.5, 0.6) is 0 Å². The van der Waals surface area contributed by atoms with E-state index in [1.165, 1.54) is 16.8 Å². The lowest BCUT2D eigenvalue weighted by Crippen LogP contribution is -2.38. The third kappa shape index (κ3) is 5.87. The summed E-state index contributed by atoms with van der Waals surface area (Å²) in [4.78, 5) is 27.5. The van der Waals surface area contributed by atoms with Crippen molar-refractivity contribution in [1.29, 1.82) is 0 Å². The molecule has 1 aliphatic carbocycles. The van der Waals surface area contributed by atoms with Crippen LogP contribution in [0.25, 0.3) is 0 Å². The molecular formula is C24H35N3O5S. The Morgan fingerprint density at radius 3 is 2.24 bits per heavy atom. The smallest absolute Gasteiger partial charge is 0.340 e. The largest absolute Gasteiger partial charge is 0.452 e. The zero-order chi connectivity index (χ0) is 23.3. The van der Waals surface area contributed by atoms with Gasteiger partial charge < -0.3 is 15.0 Å². The summed E-state index contributed by atoms with van der Waals surface area (Å²) in [5.74, 6) is -0.971. The van der Waals surface area contributed by atoms with E-state index in [0.717, 1.165) is 70.9 Å². The Morgan fingerprint density at radius 1 is 0.909 bits per heavy atom. The van der Waals surface area contributed by atoms with Crippen LogP contribution >= 0.6 is 0 Å². The molecule has 0 radical (unpaired) electrons. The number of benzene rings is 1. The van der Waals surface area contributed by atoms with E-state index in [1.807, 2.05) is 0 Å². The standard InChI is InChI=1S/C24H35N3O5S/c28-23(25-19-9-3-1-4-10-19)18-32-24(29)21-17-20(11-12-22(21)26-13-7-8-14-26)33(30,31)27-15-5-2-6-16-27/h11-12,17,19H,1-10,13-16,18H2,(H,25,28). The van der Waals surface area contributed by atoms with Crippen molar-refractivity contribution in [3.05, 3.63) is 23.8 Å². The van der Waals surface area contributed by atoms with Crippen LogP contribution in [0.2, 0.25) is 0 Å². The van der Waals surface area contributed by atoms with Gasteiger partial charge in [-0.25, -0.2) is 13.2 Å². The highest BCUT2D eigenvalue weighted by Crippen LogP contribution is 2.30. The average molecular weight is 478 g/mol. The van der Waals surface area contributed by atoms with Crippen LogP contribution < -0.4 is 10.2 Å². The fraction of sp³-hybridized carbons (Fsp3) is 0.667. The number of esters is 1. The number of piperidine rings is 1. The van der Waals surface area contributed by atoms with Crippen LogP contribution in [-0.2, 0) is 19.6 Å². The average Bonchev–Trinajstić information content (AvgIpc) is 3.38. The Labute approximate surface area is 196 Å². The molecule has 2 aliphatic heterocycles. The van der Waals surface area contributed by atoms with Crippen LogP contribution in [-0.4, -0.2) is 63.4 Å². The van der Waals surface area contributed by atoms with Gasteiger partial charge in [0.2, 0.25) is 10.0 Å². The number of amides is 1. The molecule has 1 aromatic rings. The molecule has 0 aromatic heterocycles. The molecule has 4 rings (SSSR count). The number of hydrogen-bond acceptors (Lipinski definition) is 6. The molecule has 3 fully saturated rings. The first-order chi connectivity index (χ1) is 15.9. The number of sulfonamides is 1. The monoisotopic (exact) mass is 477 g/mol. The molecule has 3 aliphatic rings. The van der Waals surface area contributed by atoms with Crippen molar-refractivity contribution in [3.63, 3.8) is 0 Å². The van der Waals surface area contributed by atoms with Crippen LogP contribution in [0.4, 0.5) is 5.69 Å². The summed E-state index contributed by atoms with van der Waals surface area (Å²) in [6.45, 7) is 2.24. The van der Waals surface area contributed by atoms with Crippen molar-refractivity contribution < 1.29 is 22.7 Å². The summed E-state index contributed by atoms with van der Waals surface area (Å²) < 4.78 is 33.2. The minimum atomic E-state index is -3.68. The van der Waals surface area contributed by atoms with Gasteiger partial charge in [0.15, 0.2) is 6.61 Å². The lowest BCUT2D eigenvalue weighted by Gasteiger charge is -2.27. The van der Waals surface area contributed by atoms with Gasteiger partial charge >= 0.3 is 5.97 Å². The highest BCUT2D eigenvalue weighted by molar-refractivity contribution is 7.89. The first-order valence-electron chi connectivity index (χ1n) is 12.3. The lowest BCUT2D eigenvalue weighted by atomic mass is 9.95. The maximum absolute atomic E-state index is 13.2. The van der Waals surface area contributed by atoms with Crippen molar-refractivity contribution in [3.8, 4) is 0 Å². The van der Waals surface area contributed by atoms with Crippen molar-refractivity contribution in [2.75, 3.05) is 37.7 Å². The molecule has 0 unspecified atom stereocenters. The maximum Gasteiger partial charge on any atom is 0.340 e. The zero-order valence-corrected chi connectivity index (χ0v) is 20.1. The van der Waals surface area contributed by atoms with Gasteiger partial charge in [0.05, 0.1) is 16.1 Å². The third-order valence-electron chi connectivity index (χ3n) is 6.89. The number of anilines is 1. The fourth-order valence-electron chi connectivity index (χ4n) is 5.05. The molecule has 1 amide bonds. The maximum atomic E-state index is 13.2. The number of hydrogen-bond donors (Lipinski definition) is 1. The molecule has 2 saturated heterocycles. The van der Waals surface area contributed by atoms with Gasteiger partial charge in [-0.05, 0) is 56.7 Å². The van der Waals surface area contributed by atoms with E-state index in [4.69, 9.17) is 4.74 Å². The van der Waals surface area contributed by atoms with Crippen LogP contribution in [0, 0.1) is 0 Å². The molecule has 182 valence electrons. The van der Waals surface area contributed by atoms with E-state index in [0.29, 0.717) is 18.8 Å². The second-order valence-corrected chi connectivity index (χ2v) is 11.3. The first kappa shape index (κ1) is 24.0. The Balaban J connectivity index is 1.50. The number of nitrogens with one attached hydrogen (secondary N) is 1. The van der Waals surface area contributed by atoms with Crippen molar-refractivity contribution in [2.24, 2.45) is 0 Å². The second-order valence-electron chi connectivity index (χ2n) is 9.32. The molecule has 0 atom stereocenters. The SMILES string of the molecule is O=C(COC(=O)c1cc(S(=O)(=O)N2CCCCC2)ccc1N1CCCC1)NC1CCCCC1. The van der Waals surface area contributed by atoms with E-state index in [-0.39, 0.29) is 29.0 Å². The van der Waals surface area contributed by atoms with Gasteiger partial charge in [-0.1, -0.05) is 25.7 Å². The van der Waals surface area contributed by atoms with Gasteiger partial charge in [-0.2, -0.15) is 4.31 Å². The normalized spacial score (nSPS) is 20.5. The Morgan fingerprint density at radius 2 is 1.55 bits per heavy atom. The molecule has 2 heterocycles. The lowest BCUT2D eigenvalue weighted by molar-refractivity contribution is -0.125. The van der Waals surface area contributed by atoms with Gasteiger partial charge in [0.1, 0.15) is 0 Å². The molecule has 33 heavy (non-hydrogen) atoms. The molecular weight excluding hydrogens is 442 g/mol. The summed E-state index contributed by atoms with van der Waals surface area (Å²) in [5.41, 5.74) is 0.878. The summed E-state index contributed by atoms with van der Waals surface area (Å²) in [6.07, 6.45) is 10.1. The minimum Gasteiger partial charge on any atom is -0.452 e. The summed E-state index contributed by atoms with van der Waals surface area (Å²) >= 11 is 0. The quantitative estimate of drug-likeness (QED) is 0.607. The Hall–Kier alpha value is -2.13. The number of rotatable bonds is 7. The minimum absolute atomic E-state index is 0.103. The van der Waals surface area contributed by atoms with E-state index < -0.39 is 16.0 Å². The van der Waals surface area contributed by atoms with E-state index in [2.05, 4.69) is 10.2 Å². The first-order valence-corrected chi connectivity index (χ1v) is 13.7. The number of ether oxygens (including phenoxy) is 1. The van der Waals surface area contributed by atoms with Crippen molar-refractivity contribution in [1.82, 2.24) is 9.62 Å². The third-order valence-corrected chi connectivity index (χ3v) is 8.79. The van der Waals surface area contributed by atoms with E-state index in [1.54, 1.807) is 12.1 Å². The molecule has 1 aromatic carbocycles. The van der Waals surface area contributed by atoms with Crippen LogP contribution in [0.15, 0.2) is 23.1 Å². The molecule has 8 nitrogen and oxygen atoms in total. The number of nitrogens with zero attached hydrogens (tertiary/aromatic N) is 2. The van der Waals surface area contributed by atoms with Crippen molar-refractivity contribution in [2.45, 2.75) is 75.1 Å². The highest BCUT2D eigenvalue weighted by atomic mass is 32.2. The van der Waals surface area contributed by atoms with Crippen molar-refractivity contribution >= 4 is 27.6 Å². The topological polar surface area (TPSA) is 96.0 Å². The second kappa shape index (κ2) is 10.9. The van der Waals surface area contributed by atoms with Crippen LogP contribution in [0.1, 0.15) is 74.6 Å². The summed E-state index contributed by atoms with van der Waals surface area (Å²) in [6, 6.07) is 4.87. The molecule has 0 spiro atoms. The van der Waals surface area contributed by atoms with E-state index in [9.17, 15) is 18.0 Å². The predicted octanol–water partition coefficient (Wildman–Crippen LogP) is 3.07.